The third-order valence-corrected chi connectivity index (χ3v) is 3.05. The van der Waals surface area contributed by atoms with Crippen LogP contribution in [-0.4, -0.2) is 35.9 Å². The molecular weight excluding hydrogens is 268 g/mol. The maximum atomic E-state index is 12.5. The summed E-state index contributed by atoms with van der Waals surface area (Å²) in [5.74, 6) is -0.756. The van der Waals surface area contributed by atoms with E-state index in [9.17, 15) is 9.59 Å². The van der Waals surface area contributed by atoms with E-state index in [1.165, 1.54) is 7.11 Å². The largest absolute Gasteiger partial charge is 0.465 e. The molecule has 0 aliphatic heterocycles. The molecule has 0 spiro atoms. The Balaban J connectivity index is 2.22. The van der Waals surface area contributed by atoms with Crippen LogP contribution >= 0.6 is 0 Å². The minimum absolute atomic E-state index is 0.236. The third kappa shape index (κ3) is 3.45. The number of amides is 1. The minimum atomic E-state index is -0.520. The molecular formula is C16H16N2O3. The van der Waals surface area contributed by atoms with Gasteiger partial charge in [-0.05, 0) is 23.8 Å². The first-order chi connectivity index (χ1) is 10.1. The van der Waals surface area contributed by atoms with Crippen LogP contribution in [-0.2, 0) is 11.3 Å². The lowest BCUT2D eigenvalue weighted by atomic mass is 10.1. The molecule has 0 bridgehead atoms. The Bertz CT molecular complexity index is 641. The first-order valence-corrected chi connectivity index (χ1v) is 6.45. The highest BCUT2D eigenvalue weighted by atomic mass is 16.5. The summed E-state index contributed by atoms with van der Waals surface area (Å²) in [6, 6.07) is 10.3. The molecule has 1 heterocycles. The van der Waals surface area contributed by atoms with Crippen LogP contribution in [0.25, 0.3) is 0 Å². The highest BCUT2D eigenvalue weighted by Crippen LogP contribution is 2.14. The van der Waals surface area contributed by atoms with Gasteiger partial charge in [-0.15, -0.1) is 0 Å². The molecule has 0 aliphatic carbocycles. The molecule has 1 aromatic carbocycles. The van der Waals surface area contributed by atoms with Crippen LogP contribution in [0, 0.1) is 0 Å². The van der Waals surface area contributed by atoms with Gasteiger partial charge in [-0.1, -0.05) is 18.2 Å². The van der Waals surface area contributed by atoms with Crippen molar-refractivity contribution in [1.29, 1.82) is 0 Å². The van der Waals surface area contributed by atoms with Crippen molar-refractivity contribution >= 4 is 11.9 Å². The lowest BCUT2D eigenvalue weighted by Gasteiger charge is -2.18. The van der Waals surface area contributed by atoms with Crippen molar-refractivity contribution in [3.63, 3.8) is 0 Å². The van der Waals surface area contributed by atoms with Crippen molar-refractivity contribution in [3.8, 4) is 0 Å². The van der Waals surface area contributed by atoms with Gasteiger partial charge in [0.1, 0.15) is 0 Å². The molecule has 0 N–H and O–H groups in total. The molecule has 0 atom stereocenters. The first-order valence-electron chi connectivity index (χ1n) is 6.45. The monoisotopic (exact) mass is 284 g/mol. The molecule has 21 heavy (non-hydrogen) atoms. The number of aromatic nitrogens is 1. The molecule has 5 heteroatoms. The van der Waals surface area contributed by atoms with E-state index in [-0.39, 0.29) is 11.5 Å². The third-order valence-electron chi connectivity index (χ3n) is 3.05. The van der Waals surface area contributed by atoms with E-state index in [1.807, 2.05) is 12.1 Å². The fraction of sp³-hybridized carbons (Fsp3) is 0.188. The zero-order valence-corrected chi connectivity index (χ0v) is 11.9. The van der Waals surface area contributed by atoms with Gasteiger partial charge in [0.2, 0.25) is 0 Å². The standard InChI is InChI=1S/C16H16N2O3/c1-18(11-12-6-5-9-17-10-12)15(19)13-7-3-4-8-14(13)16(20)21-2/h3-10H,11H2,1-2H3. The highest BCUT2D eigenvalue weighted by Gasteiger charge is 2.20. The van der Waals surface area contributed by atoms with Gasteiger partial charge in [0.05, 0.1) is 18.2 Å². The summed E-state index contributed by atoms with van der Waals surface area (Å²) >= 11 is 0. The number of benzene rings is 1. The van der Waals surface area contributed by atoms with Gasteiger partial charge in [-0.25, -0.2) is 4.79 Å². The summed E-state index contributed by atoms with van der Waals surface area (Å²) in [5.41, 5.74) is 1.52. The SMILES string of the molecule is COC(=O)c1ccccc1C(=O)N(C)Cc1cccnc1. The average molecular weight is 284 g/mol. The zero-order chi connectivity index (χ0) is 15.2. The molecule has 1 amide bonds. The lowest BCUT2D eigenvalue weighted by molar-refractivity contribution is 0.0592. The fourth-order valence-electron chi connectivity index (χ4n) is 2.00. The normalized spacial score (nSPS) is 10.0. The Labute approximate surface area is 123 Å². The number of rotatable bonds is 4. The Hall–Kier alpha value is -2.69. The van der Waals surface area contributed by atoms with Crippen molar-refractivity contribution in [2.24, 2.45) is 0 Å². The summed E-state index contributed by atoms with van der Waals surface area (Å²) in [7, 11) is 2.98. The van der Waals surface area contributed by atoms with Crippen LogP contribution in [0.3, 0.4) is 0 Å². The molecule has 2 rings (SSSR count). The topological polar surface area (TPSA) is 59.5 Å². The van der Waals surface area contributed by atoms with E-state index < -0.39 is 5.97 Å². The van der Waals surface area contributed by atoms with E-state index in [2.05, 4.69) is 4.98 Å². The number of carbonyl (C=O) groups excluding carboxylic acids is 2. The van der Waals surface area contributed by atoms with Crippen LogP contribution in [0.15, 0.2) is 48.8 Å². The van der Waals surface area contributed by atoms with E-state index >= 15 is 0 Å². The second kappa shape index (κ2) is 6.65. The van der Waals surface area contributed by atoms with Crippen molar-refractivity contribution in [3.05, 3.63) is 65.5 Å². The van der Waals surface area contributed by atoms with Crippen molar-refractivity contribution in [1.82, 2.24) is 9.88 Å². The highest BCUT2D eigenvalue weighted by molar-refractivity contribution is 6.05. The minimum Gasteiger partial charge on any atom is -0.465 e. The summed E-state index contributed by atoms with van der Waals surface area (Å²) in [6.45, 7) is 0.419. The first kappa shape index (κ1) is 14.7. The summed E-state index contributed by atoms with van der Waals surface area (Å²) in [4.78, 5) is 29.8. The maximum absolute atomic E-state index is 12.5. The quantitative estimate of drug-likeness (QED) is 0.807. The predicted octanol–water partition coefficient (Wildman–Crippen LogP) is 2.14. The molecule has 108 valence electrons. The van der Waals surface area contributed by atoms with Gasteiger partial charge in [0.15, 0.2) is 0 Å². The smallest absolute Gasteiger partial charge is 0.338 e. The molecule has 1 aromatic heterocycles. The predicted molar refractivity (Wildman–Crippen MR) is 77.8 cm³/mol. The fourth-order valence-corrected chi connectivity index (χ4v) is 2.00. The molecule has 0 fully saturated rings. The van der Waals surface area contributed by atoms with Gasteiger partial charge in [0.25, 0.3) is 5.91 Å². The molecule has 0 unspecified atom stereocenters. The summed E-state index contributed by atoms with van der Waals surface area (Å²) < 4.78 is 4.71. The number of esters is 1. The zero-order valence-electron chi connectivity index (χ0n) is 11.9. The van der Waals surface area contributed by atoms with Gasteiger partial charge in [-0.3, -0.25) is 9.78 Å². The van der Waals surface area contributed by atoms with Crippen molar-refractivity contribution in [2.75, 3.05) is 14.2 Å². The van der Waals surface area contributed by atoms with Crippen LogP contribution < -0.4 is 0 Å². The van der Waals surface area contributed by atoms with Crippen LogP contribution in [0.2, 0.25) is 0 Å². The summed E-state index contributed by atoms with van der Waals surface area (Å²) in [5, 5.41) is 0. The Kier molecular flexibility index (Phi) is 4.66. The number of methoxy groups -OCH3 is 1. The Morgan fingerprint density at radius 2 is 1.86 bits per heavy atom. The number of hydrogen-bond donors (Lipinski definition) is 0. The van der Waals surface area contributed by atoms with Crippen molar-refractivity contribution < 1.29 is 14.3 Å². The van der Waals surface area contributed by atoms with Crippen LogP contribution in [0.1, 0.15) is 26.3 Å². The number of nitrogens with zero attached hydrogens (tertiary/aromatic N) is 2. The molecule has 0 saturated heterocycles. The molecule has 0 saturated carbocycles. The Morgan fingerprint density at radius 3 is 2.48 bits per heavy atom. The number of pyridine rings is 1. The number of hydrogen-bond acceptors (Lipinski definition) is 4. The number of carbonyl (C=O) groups is 2. The van der Waals surface area contributed by atoms with E-state index in [4.69, 9.17) is 4.74 Å². The van der Waals surface area contributed by atoms with Crippen LogP contribution in [0.5, 0.6) is 0 Å². The average Bonchev–Trinajstić information content (AvgIpc) is 2.54. The second-order valence-corrected chi connectivity index (χ2v) is 4.56. The molecule has 0 aliphatic rings. The Morgan fingerprint density at radius 1 is 1.14 bits per heavy atom. The van der Waals surface area contributed by atoms with E-state index in [0.717, 1.165) is 5.56 Å². The second-order valence-electron chi connectivity index (χ2n) is 4.56. The van der Waals surface area contributed by atoms with Gasteiger partial charge >= 0.3 is 5.97 Å². The van der Waals surface area contributed by atoms with E-state index in [0.29, 0.717) is 12.1 Å². The van der Waals surface area contributed by atoms with Gasteiger partial charge in [0, 0.05) is 26.0 Å². The lowest BCUT2D eigenvalue weighted by Crippen LogP contribution is -2.28. The van der Waals surface area contributed by atoms with Crippen LogP contribution in [0.4, 0.5) is 0 Å². The molecule has 2 aromatic rings. The van der Waals surface area contributed by atoms with Gasteiger partial charge < -0.3 is 9.64 Å². The van der Waals surface area contributed by atoms with Crippen molar-refractivity contribution in [2.45, 2.75) is 6.54 Å². The number of ether oxygens (including phenoxy) is 1. The maximum Gasteiger partial charge on any atom is 0.338 e. The van der Waals surface area contributed by atoms with E-state index in [1.54, 1.807) is 48.6 Å². The molecule has 0 radical (unpaired) electrons. The molecule has 5 nitrogen and oxygen atoms in total. The van der Waals surface area contributed by atoms with Gasteiger partial charge in [-0.2, -0.15) is 0 Å². The summed E-state index contributed by atoms with van der Waals surface area (Å²) in [6.07, 6.45) is 3.38.